The van der Waals surface area contributed by atoms with Crippen molar-refractivity contribution < 1.29 is 10.2 Å². The summed E-state index contributed by atoms with van der Waals surface area (Å²) in [6, 6.07) is 17.3. The standard InChI is InChI=1S/C23H33NO2.ClH/c1-2-3-4-5-6-19-7-11-21(12-8-19)22-13-9-20(10-14-22)15-16-23(24,17-25)18-26;/h7-14,25-26H,2-6,15-18,24H2,1H3;1H. The maximum atomic E-state index is 9.27. The molecule has 2 aromatic rings. The van der Waals surface area contributed by atoms with Crippen LogP contribution in [0.15, 0.2) is 48.5 Å². The minimum Gasteiger partial charge on any atom is -0.394 e. The van der Waals surface area contributed by atoms with E-state index in [0.29, 0.717) is 6.42 Å². The first-order chi connectivity index (χ1) is 12.6. The zero-order valence-corrected chi connectivity index (χ0v) is 17.2. The summed E-state index contributed by atoms with van der Waals surface area (Å²) < 4.78 is 0. The number of hydrogen-bond donors (Lipinski definition) is 3. The third kappa shape index (κ3) is 7.63. The van der Waals surface area contributed by atoms with Gasteiger partial charge in [-0.15, -0.1) is 12.4 Å². The molecule has 0 heterocycles. The second-order valence-electron chi connectivity index (χ2n) is 7.38. The Kier molecular flexibility index (Phi) is 10.6. The van der Waals surface area contributed by atoms with Crippen LogP contribution in [0.25, 0.3) is 11.1 Å². The van der Waals surface area contributed by atoms with E-state index in [1.165, 1.54) is 42.4 Å². The topological polar surface area (TPSA) is 66.5 Å². The molecule has 0 aliphatic carbocycles. The molecule has 4 N–H and O–H groups in total. The molecule has 0 amide bonds. The fraction of sp³-hybridized carbons (Fsp3) is 0.478. The zero-order chi connectivity index (χ0) is 18.8. The molecule has 0 fully saturated rings. The largest absolute Gasteiger partial charge is 0.394 e. The predicted octanol–water partition coefficient (Wildman–Crippen LogP) is 4.51. The molecule has 4 heteroatoms. The summed E-state index contributed by atoms with van der Waals surface area (Å²) in [5.74, 6) is 0. The Morgan fingerprint density at radius 3 is 1.67 bits per heavy atom. The molecular weight excluding hydrogens is 358 g/mol. The molecule has 0 aliphatic rings. The lowest BCUT2D eigenvalue weighted by molar-refractivity contribution is 0.115. The molecule has 0 radical (unpaired) electrons. The second kappa shape index (κ2) is 12.1. The zero-order valence-electron chi connectivity index (χ0n) is 16.4. The van der Waals surface area contributed by atoms with Gasteiger partial charge in [0.2, 0.25) is 0 Å². The van der Waals surface area contributed by atoms with Gasteiger partial charge < -0.3 is 15.9 Å². The van der Waals surface area contributed by atoms with Crippen LogP contribution in [0.4, 0.5) is 0 Å². The molecule has 2 aromatic carbocycles. The summed E-state index contributed by atoms with van der Waals surface area (Å²) in [7, 11) is 0. The predicted molar refractivity (Wildman–Crippen MR) is 116 cm³/mol. The van der Waals surface area contributed by atoms with Gasteiger partial charge in [-0.2, -0.15) is 0 Å². The van der Waals surface area contributed by atoms with Gasteiger partial charge in [0.05, 0.1) is 18.8 Å². The van der Waals surface area contributed by atoms with Gasteiger partial charge in [0.15, 0.2) is 0 Å². The molecule has 0 aromatic heterocycles. The maximum absolute atomic E-state index is 9.27. The van der Waals surface area contributed by atoms with E-state index in [9.17, 15) is 10.2 Å². The average Bonchev–Trinajstić information content (AvgIpc) is 2.70. The van der Waals surface area contributed by atoms with Crippen molar-refractivity contribution in [2.45, 2.75) is 57.4 Å². The van der Waals surface area contributed by atoms with E-state index < -0.39 is 5.54 Å². The van der Waals surface area contributed by atoms with E-state index in [1.54, 1.807) is 0 Å². The molecule has 0 saturated heterocycles. The van der Waals surface area contributed by atoms with Crippen LogP contribution in [0.1, 0.15) is 50.2 Å². The second-order valence-corrected chi connectivity index (χ2v) is 7.38. The van der Waals surface area contributed by atoms with Crippen LogP contribution in [-0.2, 0) is 12.8 Å². The number of rotatable bonds is 11. The molecule has 3 nitrogen and oxygen atoms in total. The van der Waals surface area contributed by atoms with E-state index in [-0.39, 0.29) is 25.6 Å². The van der Waals surface area contributed by atoms with Crippen molar-refractivity contribution in [2.24, 2.45) is 5.73 Å². The highest BCUT2D eigenvalue weighted by molar-refractivity contribution is 5.85. The molecular formula is C23H34ClNO2. The lowest BCUT2D eigenvalue weighted by atomic mass is 9.93. The summed E-state index contributed by atoms with van der Waals surface area (Å²) in [5.41, 5.74) is 10.0. The normalized spacial score (nSPS) is 11.3. The van der Waals surface area contributed by atoms with Gasteiger partial charge >= 0.3 is 0 Å². The summed E-state index contributed by atoms with van der Waals surface area (Å²) in [5, 5.41) is 18.5. The Morgan fingerprint density at radius 2 is 1.22 bits per heavy atom. The van der Waals surface area contributed by atoms with Crippen molar-refractivity contribution in [3.8, 4) is 11.1 Å². The quantitative estimate of drug-likeness (QED) is 0.493. The van der Waals surface area contributed by atoms with Crippen molar-refractivity contribution >= 4 is 12.4 Å². The Balaban J connectivity index is 0.00000364. The van der Waals surface area contributed by atoms with Crippen LogP contribution in [0, 0.1) is 0 Å². The number of aliphatic hydroxyl groups excluding tert-OH is 2. The summed E-state index contributed by atoms with van der Waals surface area (Å²) >= 11 is 0. The molecule has 0 atom stereocenters. The van der Waals surface area contributed by atoms with Crippen LogP contribution in [0.2, 0.25) is 0 Å². The number of aliphatic hydroxyl groups is 2. The summed E-state index contributed by atoms with van der Waals surface area (Å²) in [6.07, 6.45) is 7.66. The molecule has 27 heavy (non-hydrogen) atoms. The number of benzene rings is 2. The fourth-order valence-corrected chi connectivity index (χ4v) is 3.09. The molecule has 0 bridgehead atoms. The molecule has 2 rings (SSSR count). The third-order valence-corrected chi connectivity index (χ3v) is 5.10. The molecule has 0 spiro atoms. The Labute approximate surface area is 170 Å². The number of halogens is 1. The summed E-state index contributed by atoms with van der Waals surface area (Å²) in [4.78, 5) is 0. The number of aryl methyl sites for hydroxylation is 2. The van der Waals surface area contributed by atoms with Crippen LogP contribution in [-0.4, -0.2) is 29.0 Å². The van der Waals surface area contributed by atoms with Gasteiger partial charge in [-0.1, -0.05) is 74.7 Å². The first-order valence-electron chi connectivity index (χ1n) is 9.79. The van der Waals surface area contributed by atoms with Gasteiger partial charge in [0.25, 0.3) is 0 Å². The van der Waals surface area contributed by atoms with Crippen molar-refractivity contribution in [2.75, 3.05) is 13.2 Å². The smallest absolute Gasteiger partial charge is 0.0633 e. The fourth-order valence-electron chi connectivity index (χ4n) is 3.09. The molecule has 0 saturated carbocycles. The van der Waals surface area contributed by atoms with Crippen molar-refractivity contribution in [3.05, 3.63) is 59.7 Å². The van der Waals surface area contributed by atoms with Crippen LogP contribution in [0.5, 0.6) is 0 Å². The first kappa shape index (κ1) is 23.6. The van der Waals surface area contributed by atoms with Crippen molar-refractivity contribution in [3.63, 3.8) is 0 Å². The maximum Gasteiger partial charge on any atom is 0.0633 e. The van der Waals surface area contributed by atoms with Gasteiger partial charge in [0, 0.05) is 0 Å². The van der Waals surface area contributed by atoms with Gasteiger partial charge in [-0.05, 0) is 47.9 Å². The van der Waals surface area contributed by atoms with E-state index in [4.69, 9.17) is 5.73 Å². The number of hydrogen-bond acceptors (Lipinski definition) is 3. The number of nitrogens with two attached hydrogens (primary N) is 1. The Morgan fingerprint density at radius 1 is 0.741 bits per heavy atom. The van der Waals surface area contributed by atoms with E-state index in [2.05, 4.69) is 55.5 Å². The Bertz CT molecular complexity index is 636. The van der Waals surface area contributed by atoms with Gasteiger partial charge in [0.1, 0.15) is 0 Å². The monoisotopic (exact) mass is 391 g/mol. The van der Waals surface area contributed by atoms with E-state index >= 15 is 0 Å². The van der Waals surface area contributed by atoms with Crippen LogP contribution < -0.4 is 5.73 Å². The van der Waals surface area contributed by atoms with E-state index in [1.807, 2.05) is 0 Å². The minimum absolute atomic E-state index is 0. The molecule has 150 valence electrons. The third-order valence-electron chi connectivity index (χ3n) is 5.10. The van der Waals surface area contributed by atoms with Crippen molar-refractivity contribution in [1.29, 1.82) is 0 Å². The Hall–Kier alpha value is -1.39. The van der Waals surface area contributed by atoms with Crippen LogP contribution in [0.3, 0.4) is 0 Å². The number of unbranched alkanes of at least 4 members (excludes halogenated alkanes) is 3. The molecule has 0 aliphatic heterocycles. The average molecular weight is 392 g/mol. The van der Waals surface area contributed by atoms with Gasteiger partial charge in [-0.3, -0.25) is 0 Å². The highest BCUT2D eigenvalue weighted by Crippen LogP contribution is 2.22. The highest BCUT2D eigenvalue weighted by Gasteiger charge is 2.22. The lowest BCUT2D eigenvalue weighted by Gasteiger charge is -2.24. The molecule has 0 unspecified atom stereocenters. The summed E-state index contributed by atoms with van der Waals surface area (Å²) in [6.45, 7) is 1.84. The SMILES string of the molecule is CCCCCCc1ccc(-c2ccc(CCC(N)(CO)CO)cc2)cc1.Cl. The van der Waals surface area contributed by atoms with Crippen LogP contribution >= 0.6 is 12.4 Å². The minimum atomic E-state index is -0.897. The first-order valence-corrected chi connectivity index (χ1v) is 9.79. The van der Waals surface area contributed by atoms with Crippen molar-refractivity contribution in [1.82, 2.24) is 0 Å². The van der Waals surface area contributed by atoms with E-state index in [0.717, 1.165) is 18.4 Å². The lowest BCUT2D eigenvalue weighted by Crippen LogP contribution is -2.47. The highest BCUT2D eigenvalue weighted by atomic mass is 35.5. The van der Waals surface area contributed by atoms with Gasteiger partial charge in [-0.25, -0.2) is 0 Å².